The highest BCUT2D eigenvalue weighted by atomic mass is 16.5. The molecule has 0 saturated carbocycles. The van der Waals surface area contributed by atoms with Gasteiger partial charge < -0.3 is 9.47 Å². The van der Waals surface area contributed by atoms with Gasteiger partial charge >= 0.3 is 0 Å². The first-order chi connectivity index (χ1) is 5.99. The third-order valence-corrected chi connectivity index (χ3v) is 1.45. The van der Waals surface area contributed by atoms with Crippen molar-refractivity contribution >= 4 is 0 Å². The van der Waals surface area contributed by atoms with Gasteiger partial charge in [-0.15, -0.1) is 0 Å². The fourth-order valence-corrected chi connectivity index (χ4v) is 1.09. The zero-order chi connectivity index (χ0) is 10.3. The van der Waals surface area contributed by atoms with Gasteiger partial charge in [-0.2, -0.15) is 5.26 Å². The Morgan fingerprint density at radius 3 is 2.38 bits per heavy atom. The van der Waals surface area contributed by atoms with Gasteiger partial charge in [-0.05, 0) is 27.2 Å². The lowest BCUT2D eigenvalue weighted by molar-refractivity contribution is -0.0884. The molecule has 76 valence electrons. The number of hydrogen-bond acceptors (Lipinski definition) is 3. The monoisotopic (exact) mass is 185 g/mol. The molecule has 1 atom stereocenters. The Labute approximate surface area is 80.6 Å². The minimum absolute atomic E-state index is 0.0321. The molecule has 0 heterocycles. The third-order valence-electron chi connectivity index (χ3n) is 1.45. The molecule has 0 aliphatic carbocycles. The molecule has 0 N–H and O–H groups in total. The van der Waals surface area contributed by atoms with E-state index < -0.39 is 0 Å². The van der Waals surface area contributed by atoms with Gasteiger partial charge in [0.2, 0.25) is 0 Å². The molecular weight excluding hydrogens is 166 g/mol. The van der Waals surface area contributed by atoms with Crippen LogP contribution in [0.3, 0.4) is 0 Å². The molecule has 0 amide bonds. The van der Waals surface area contributed by atoms with Gasteiger partial charge in [0.1, 0.15) is 0 Å². The highest BCUT2D eigenvalue weighted by Crippen LogP contribution is 2.14. The molecule has 0 bridgehead atoms. The van der Waals surface area contributed by atoms with Crippen molar-refractivity contribution in [2.45, 2.75) is 45.3 Å². The Balaban J connectivity index is 3.88. The van der Waals surface area contributed by atoms with Crippen LogP contribution in [0.2, 0.25) is 0 Å². The second-order valence-corrected chi connectivity index (χ2v) is 4.00. The van der Waals surface area contributed by atoms with E-state index >= 15 is 0 Å². The predicted octanol–water partition coefficient (Wildman–Crippen LogP) is 2.12. The summed E-state index contributed by atoms with van der Waals surface area (Å²) in [6.07, 6.45) is 1.29. The van der Waals surface area contributed by atoms with Crippen LogP contribution in [0.25, 0.3) is 0 Å². The molecule has 0 radical (unpaired) electrons. The molecule has 0 aromatic heterocycles. The smallest absolute Gasteiger partial charge is 0.0825 e. The van der Waals surface area contributed by atoms with Crippen LogP contribution in [0.15, 0.2) is 0 Å². The van der Waals surface area contributed by atoms with E-state index in [1.54, 1.807) is 7.11 Å². The lowest BCUT2D eigenvalue weighted by Crippen LogP contribution is -2.30. The summed E-state index contributed by atoms with van der Waals surface area (Å²) in [5, 5.41) is 8.44. The van der Waals surface area contributed by atoms with Crippen molar-refractivity contribution in [1.29, 1.82) is 5.26 Å². The van der Waals surface area contributed by atoms with E-state index in [2.05, 4.69) is 6.07 Å². The second-order valence-electron chi connectivity index (χ2n) is 4.00. The summed E-state index contributed by atoms with van der Waals surface area (Å²) in [4.78, 5) is 0. The van der Waals surface area contributed by atoms with Crippen molar-refractivity contribution in [3.8, 4) is 6.07 Å². The van der Waals surface area contributed by atoms with Gasteiger partial charge in [0.25, 0.3) is 0 Å². The first-order valence-corrected chi connectivity index (χ1v) is 4.53. The molecule has 0 aromatic rings. The van der Waals surface area contributed by atoms with Crippen molar-refractivity contribution in [3.63, 3.8) is 0 Å². The molecule has 0 aliphatic heterocycles. The van der Waals surface area contributed by atoms with Gasteiger partial charge in [-0.25, -0.2) is 0 Å². The summed E-state index contributed by atoms with van der Waals surface area (Å²) in [5.74, 6) is 0. The second kappa shape index (κ2) is 5.95. The van der Waals surface area contributed by atoms with E-state index in [-0.39, 0.29) is 11.7 Å². The maximum atomic E-state index is 8.44. The van der Waals surface area contributed by atoms with Crippen LogP contribution in [0.1, 0.15) is 33.6 Å². The first kappa shape index (κ1) is 12.4. The van der Waals surface area contributed by atoms with E-state index in [1.807, 2.05) is 20.8 Å². The number of nitrogens with zero attached hydrogens (tertiary/aromatic N) is 1. The molecule has 3 nitrogen and oxygen atoms in total. The van der Waals surface area contributed by atoms with Crippen molar-refractivity contribution in [2.24, 2.45) is 0 Å². The van der Waals surface area contributed by atoms with Crippen LogP contribution in [-0.2, 0) is 9.47 Å². The first-order valence-electron chi connectivity index (χ1n) is 4.53. The molecule has 0 spiro atoms. The highest BCUT2D eigenvalue weighted by Gasteiger charge is 2.18. The quantitative estimate of drug-likeness (QED) is 0.659. The molecule has 0 aliphatic rings. The Bertz CT molecular complexity index is 167. The van der Waals surface area contributed by atoms with Crippen LogP contribution < -0.4 is 0 Å². The Kier molecular flexibility index (Phi) is 5.68. The van der Waals surface area contributed by atoms with Crippen molar-refractivity contribution < 1.29 is 9.47 Å². The van der Waals surface area contributed by atoms with Gasteiger partial charge in [-0.1, -0.05) is 0 Å². The SMILES string of the molecule is COCC(CCC#N)OC(C)(C)C. The minimum Gasteiger partial charge on any atom is -0.382 e. The molecule has 13 heavy (non-hydrogen) atoms. The van der Waals surface area contributed by atoms with Crippen molar-refractivity contribution in [2.75, 3.05) is 13.7 Å². The summed E-state index contributed by atoms with van der Waals surface area (Å²) in [6, 6.07) is 2.11. The molecule has 0 saturated heterocycles. The highest BCUT2D eigenvalue weighted by molar-refractivity contribution is 4.74. The molecule has 0 aromatic carbocycles. The summed E-state index contributed by atoms with van der Waals surface area (Å²) >= 11 is 0. The third kappa shape index (κ3) is 7.76. The van der Waals surface area contributed by atoms with E-state index in [1.165, 1.54) is 0 Å². The van der Waals surface area contributed by atoms with Crippen LogP contribution in [-0.4, -0.2) is 25.4 Å². The number of nitriles is 1. The van der Waals surface area contributed by atoms with Gasteiger partial charge in [0.05, 0.1) is 24.4 Å². The summed E-state index contributed by atoms with van der Waals surface area (Å²) in [7, 11) is 1.64. The topological polar surface area (TPSA) is 42.2 Å². The number of hydrogen-bond donors (Lipinski definition) is 0. The van der Waals surface area contributed by atoms with Crippen molar-refractivity contribution in [1.82, 2.24) is 0 Å². The standard InChI is InChI=1S/C10H19NO2/c1-10(2,3)13-9(8-12-4)6-5-7-11/h9H,5-6,8H2,1-4H3. The summed E-state index contributed by atoms with van der Waals surface area (Å²) in [6.45, 7) is 6.56. The van der Waals surface area contributed by atoms with E-state index in [9.17, 15) is 0 Å². The van der Waals surface area contributed by atoms with Gasteiger partial charge in [-0.3, -0.25) is 0 Å². The predicted molar refractivity (Wildman–Crippen MR) is 51.3 cm³/mol. The average molecular weight is 185 g/mol. The number of rotatable bonds is 5. The summed E-state index contributed by atoms with van der Waals surface area (Å²) in [5.41, 5.74) is -0.168. The molecule has 3 heteroatoms. The Morgan fingerprint density at radius 1 is 1.38 bits per heavy atom. The van der Waals surface area contributed by atoms with Crippen LogP contribution in [0, 0.1) is 11.3 Å². The average Bonchev–Trinajstić information content (AvgIpc) is 1.98. The molecule has 1 unspecified atom stereocenters. The van der Waals surface area contributed by atoms with Crippen LogP contribution in [0.4, 0.5) is 0 Å². The van der Waals surface area contributed by atoms with Gasteiger partial charge in [0, 0.05) is 13.5 Å². The maximum absolute atomic E-state index is 8.44. The zero-order valence-electron chi connectivity index (χ0n) is 8.96. The fraction of sp³-hybridized carbons (Fsp3) is 0.900. The van der Waals surface area contributed by atoms with E-state index in [0.29, 0.717) is 13.0 Å². The summed E-state index contributed by atoms with van der Waals surface area (Å²) < 4.78 is 10.7. The van der Waals surface area contributed by atoms with Crippen LogP contribution >= 0.6 is 0 Å². The minimum atomic E-state index is -0.168. The van der Waals surface area contributed by atoms with E-state index in [0.717, 1.165) is 6.42 Å². The fourth-order valence-electron chi connectivity index (χ4n) is 1.09. The largest absolute Gasteiger partial charge is 0.382 e. The van der Waals surface area contributed by atoms with Crippen molar-refractivity contribution in [3.05, 3.63) is 0 Å². The lowest BCUT2D eigenvalue weighted by atomic mass is 10.1. The zero-order valence-corrected chi connectivity index (χ0v) is 8.96. The Morgan fingerprint density at radius 2 is 2.00 bits per heavy atom. The number of methoxy groups -OCH3 is 1. The molecule has 0 rings (SSSR count). The van der Waals surface area contributed by atoms with E-state index in [4.69, 9.17) is 14.7 Å². The lowest BCUT2D eigenvalue weighted by Gasteiger charge is -2.26. The molecule has 0 fully saturated rings. The number of ether oxygens (including phenoxy) is 2. The molecular formula is C10H19NO2. The maximum Gasteiger partial charge on any atom is 0.0825 e. The van der Waals surface area contributed by atoms with Crippen LogP contribution in [0.5, 0.6) is 0 Å². The van der Waals surface area contributed by atoms with Gasteiger partial charge in [0.15, 0.2) is 0 Å². The Hall–Kier alpha value is -0.590. The normalized spacial score (nSPS) is 13.8.